The van der Waals surface area contributed by atoms with Gasteiger partial charge in [-0.2, -0.15) is 0 Å². The Labute approximate surface area is 149 Å². The molecule has 2 aromatic rings. The number of hydrogen-bond acceptors (Lipinski definition) is 5. The summed E-state index contributed by atoms with van der Waals surface area (Å²) in [5, 5.41) is 17.8. The number of carbonyl (C=O) groups excluding carboxylic acids is 1. The van der Waals surface area contributed by atoms with Gasteiger partial charge in [-0.05, 0) is 37.3 Å². The van der Waals surface area contributed by atoms with Gasteiger partial charge in [-0.15, -0.1) is 5.10 Å². The summed E-state index contributed by atoms with van der Waals surface area (Å²) in [6, 6.07) is 5.94. The van der Waals surface area contributed by atoms with E-state index in [0.717, 1.165) is 30.4 Å². The molecular weight excluding hydrogens is 336 g/mol. The second-order valence-corrected chi connectivity index (χ2v) is 7.07. The van der Waals surface area contributed by atoms with Crippen molar-refractivity contribution in [3.8, 4) is 0 Å². The fourth-order valence-corrected chi connectivity index (χ4v) is 4.38. The largest absolute Gasteiger partial charge is 0.480 e. The Balaban J connectivity index is 1.63. The first-order valence-electron chi connectivity index (χ1n) is 8.93. The molecule has 26 heavy (non-hydrogen) atoms. The number of carboxylic acids is 1. The molecule has 1 aromatic heterocycles. The van der Waals surface area contributed by atoms with Crippen molar-refractivity contribution >= 4 is 22.8 Å². The Morgan fingerprint density at radius 2 is 1.96 bits per heavy atom. The van der Waals surface area contributed by atoms with Gasteiger partial charge < -0.3 is 10.0 Å². The number of amides is 1. The summed E-state index contributed by atoms with van der Waals surface area (Å²) in [7, 11) is 0. The molecule has 4 rings (SSSR count). The maximum absolute atomic E-state index is 12.9. The van der Waals surface area contributed by atoms with E-state index in [1.807, 2.05) is 0 Å². The Morgan fingerprint density at radius 3 is 2.77 bits per heavy atom. The number of likely N-dealkylation sites (tertiary alicyclic amines) is 1. The maximum Gasteiger partial charge on any atom is 0.326 e. The van der Waals surface area contributed by atoms with E-state index in [1.165, 1.54) is 4.90 Å². The van der Waals surface area contributed by atoms with Gasteiger partial charge in [0.25, 0.3) is 5.56 Å². The third kappa shape index (κ3) is 2.75. The van der Waals surface area contributed by atoms with Crippen molar-refractivity contribution < 1.29 is 14.7 Å². The summed E-state index contributed by atoms with van der Waals surface area (Å²) in [5.74, 6) is -1.13. The van der Waals surface area contributed by atoms with Gasteiger partial charge in [0.15, 0.2) is 0 Å². The van der Waals surface area contributed by atoms with Gasteiger partial charge in [0.1, 0.15) is 18.1 Å². The van der Waals surface area contributed by atoms with E-state index in [0.29, 0.717) is 17.3 Å². The summed E-state index contributed by atoms with van der Waals surface area (Å²) in [4.78, 5) is 38.6. The number of carboxylic acid groups (broad SMARTS) is 1. The second-order valence-electron chi connectivity index (χ2n) is 7.07. The molecule has 1 amide bonds. The molecule has 0 bridgehead atoms. The fraction of sp³-hybridized carbons (Fsp3) is 0.500. The lowest BCUT2D eigenvalue weighted by molar-refractivity contribution is -0.150. The molecule has 8 heteroatoms. The van der Waals surface area contributed by atoms with E-state index in [4.69, 9.17) is 0 Å². The number of benzene rings is 1. The molecule has 8 nitrogen and oxygen atoms in total. The number of aromatic nitrogens is 3. The Bertz CT molecular complexity index is 925. The van der Waals surface area contributed by atoms with Crippen LogP contribution in [0.4, 0.5) is 0 Å². The predicted octanol–water partition coefficient (Wildman–Crippen LogP) is 1.04. The molecule has 0 radical (unpaired) electrons. The molecule has 1 aromatic carbocycles. The SMILES string of the molecule is O=C(O)C1CC2CCCCC2N1C(=O)Cn1nnc2ccccc2c1=O. The molecule has 2 fully saturated rings. The number of fused-ring (bicyclic) bond motifs is 2. The summed E-state index contributed by atoms with van der Waals surface area (Å²) in [6.45, 7) is -0.288. The van der Waals surface area contributed by atoms with Crippen molar-refractivity contribution in [1.29, 1.82) is 0 Å². The smallest absolute Gasteiger partial charge is 0.326 e. The fourth-order valence-electron chi connectivity index (χ4n) is 4.38. The molecule has 1 aliphatic heterocycles. The molecule has 1 saturated heterocycles. The monoisotopic (exact) mass is 356 g/mol. The number of carbonyl (C=O) groups is 2. The molecule has 2 aliphatic rings. The third-order valence-corrected chi connectivity index (χ3v) is 5.58. The van der Waals surface area contributed by atoms with Crippen molar-refractivity contribution in [2.24, 2.45) is 5.92 Å². The molecule has 0 spiro atoms. The van der Waals surface area contributed by atoms with Crippen LogP contribution < -0.4 is 5.56 Å². The van der Waals surface area contributed by atoms with E-state index in [1.54, 1.807) is 24.3 Å². The molecule has 1 aliphatic carbocycles. The minimum absolute atomic E-state index is 0.0542. The first-order valence-corrected chi connectivity index (χ1v) is 8.93. The molecule has 136 valence electrons. The van der Waals surface area contributed by atoms with Crippen LogP contribution in [0.5, 0.6) is 0 Å². The van der Waals surface area contributed by atoms with Gasteiger partial charge >= 0.3 is 5.97 Å². The van der Waals surface area contributed by atoms with Crippen LogP contribution in [-0.2, 0) is 16.1 Å². The minimum Gasteiger partial charge on any atom is -0.480 e. The zero-order valence-corrected chi connectivity index (χ0v) is 14.2. The predicted molar refractivity (Wildman–Crippen MR) is 92.4 cm³/mol. The molecule has 1 saturated carbocycles. The van der Waals surface area contributed by atoms with Crippen LogP contribution in [0.3, 0.4) is 0 Å². The van der Waals surface area contributed by atoms with Crippen molar-refractivity contribution in [2.45, 2.75) is 50.7 Å². The lowest BCUT2D eigenvalue weighted by Gasteiger charge is -2.33. The van der Waals surface area contributed by atoms with Crippen molar-refractivity contribution in [3.63, 3.8) is 0 Å². The van der Waals surface area contributed by atoms with Crippen LogP contribution in [0, 0.1) is 5.92 Å². The maximum atomic E-state index is 12.9. The van der Waals surface area contributed by atoms with E-state index >= 15 is 0 Å². The number of rotatable bonds is 3. The summed E-state index contributed by atoms with van der Waals surface area (Å²) in [6.07, 6.45) is 4.33. The third-order valence-electron chi connectivity index (χ3n) is 5.58. The van der Waals surface area contributed by atoms with Crippen LogP contribution in [0.2, 0.25) is 0 Å². The summed E-state index contributed by atoms with van der Waals surface area (Å²) in [5.41, 5.74) is 0.0772. The number of nitrogens with zero attached hydrogens (tertiary/aromatic N) is 4. The highest BCUT2D eigenvalue weighted by Crippen LogP contribution is 2.39. The van der Waals surface area contributed by atoms with E-state index in [9.17, 15) is 19.5 Å². The first kappa shape index (κ1) is 16.7. The van der Waals surface area contributed by atoms with Crippen LogP contribution in [-0.4, -0.2) is 49.0 Å². The number of hydrogen-bond donors (Lipinski definition) is 1. The van der Waals surface area contributed by atoms with Gasteiger partial charge in [-0.1, -0.05) is 30.2 Å². The topological polar surface area (TPSA) is 105 Å². The van der Waals surface area contributed by atoms with E-state index in [2.05, 4.69) is 10.3 Å². The normalized spacial score (nSPS) is 25.2. The Kier molecular flexibility index (Phi) is 4.18. The number of aliphatic carboxylic acids is 1. The average Bonchev–Trinajstić information content (AvgIpc) is 3.04. The van der Waals surface area contributed by atoms with Gasteiger partial charge in [-0.3, -0.25) is 9.59 Å². The minimum atomic E-state index is -0.982. The lowest BCUT2D eigenvalue weighted by atomic mass is 9.85. The molecule has 1 N–H and O–H groups in total. The molecule has 2 heterocycles. The zero-order chi connectivity index (χ0) is 18.3. The molecular formula is C18H20N4O4. The van der Waals surface area contributed by atoms with Gasteiger partial charge in [0.05, 0.1) is 5.39 Å². The van der Waals surface area contributed by atoms with Crippen LogP contribution in [0.1, 0.15) is 32.1 Å². The average molecular weight is 356 g/mol. The van der Waals surface area contributed by atoms with Crippen LogP contribution in [0.25, 0.3) is 10.9 Å². The van der Waals surface area contributed by atoms with Crippen LogP contribution >= 0.6 is 0 Å². The highest BCUT2D eigenvalue weighted by Gasteiger charge is 2.47. The highest BCUT2D eigenvalue weighted by atomic mass is 16.4. The van der Waals surface area contributed by atoms with Crippen molar-refractivity contribution in [2.75, 3.05) is 0 Å². The zero-order valence-electron chi connectivity index (χ0n) is 14.2. The van der Waals surface area contributed by atoms with Crippen LogP contribution in [0.15, 0.2) is 29.1 Å². The van der Waals surface area contributed by atoms with Crippen molar-refractivity contribution in [3.05, 3.63) is 34.6 Å². The first-order chi connectivity index (χ1) is 12.6. The second kappa shape index (κ2) is 6.51. The Hall–Kier alpha value is -2.77. The van der Waals surface area contributed by atoms with Gasteiger partial charge in [0, 0.05) is 6.04 Å². The standard InChI is InChI=1S/C18H20N4O4/c23-16(10-21-17(24)12-6-2-3-7-13(12)19-20-21)22-14-8-4-1-5-11(14)9-15(22)18(25)26/h2-3,6-7,11,14-15H,1,4-5,8-10H2,(H,25,26). The van der Waals surface area contributed by atoms with Gasteiger partial charge in [0.2, 0.25) is 5.91 Å². The highest BCUT2D eigenvalue weighted by molar-refractivity contribution is 5.85. The Morgan fingerprint density at radius 1 is 1.19 bits per heavy atom. The lowest BCUT2D eigenvalue weighted by Crippen LogP contribution is -2.48. The van der Waals surface area contributed by atoms with Crippen molar-refractivity contribution in [1.82, 2.24) is 19.9 Å². The molecule has 3 unspecified atom stereocenters. The molecule has 3 atom stereocenters. The van der Waals surface area contributed by atoms with E-state index < -0.39 is 17.6 Å². The van der Waals surface area contributed by atoms with E-state index in [-0.39, 0.29) is 24.4 Å². The quantitative estimate of drug-likeness (QED) is 0.881. The summed E-state index contributed by atoms with van der Waals surface area (Å²) < 4.78 is 1.03. The van der Waals surface area contributed by atoms with Gasteiger partial charge in [-0.25, -0.2) is 9.48 Å². The summed E-state index contributed by atoms with van der Waals surface area (Å²) >= 11 is 0.